The van der Waals surface area contributed by atoms with Gasteiger partial charge >= 0.3 is 18.1 Å². The Labute approximate surface area is 178 Å². The summed E-state index contributed by atoms with van der Waals surface area (Å²) in [5.41, 5.74) is 0.745. The molecule has 0 spiro atoms. The molecule has 0 unspecified atom stereocenters. The quantitative estimate of drug-likeness (QED) is 0.328. The molecule has 2 rings (SSSR count). The zero-order valence-electron chi connectivity index (χ0n) is 17.4. The van der Waals surface area contributed by atoms with Gasteiger partial charge in [-0.1, -0.05) is 32.9 Å². The predicted octanol–water partition coefficient (Wildman–Crippen LogP) is 5.45. The molecule has 0 saturated heterocycles. The molecule has 0 N–H and O–H groups in total. The van der Waals surface area contributed by atoms with Crippen LogP contribution in [0.5, 0.6) is 11.5 Å². The Kier molecular flexibility index (Phi) is 7.85. The Morgan fingerprint density at radius 2 is 1.45 bits per heavy atom. The second-order valence-electron chi connectivity index (χ2n) is 7.89. The fraction of sp³-hybridized carbons (Fsp3) is 0.304. The zero-order chi connectivity index (χ0) is 23.1. The first-order valence-electron chi connectivity index (χ1n) is 9.38. The van der Waals surface area contributed by atoms with Crippen LogP contribution in [0.4, 0.5) is 13.2 Å². The van der Waals surface area contributed by atoms with Gasteiger partial charge in [0, 0.05) is 6.08 Å². The van der Waals surface area contributed by atoms with Crippen LogP contribution in [0.15, 0.2) is 54.6 Å². The van der Waals surface area contributed by atoms with E-state index in [4.69, 9.17) is 9.47 Å². The van der Waals surface area contributed by atoms with E-state index >= 15 is 0 Å². The number of esters is 2. The molecule has 2 aromatic carbocycles. The normalized spacial score (nSPS) is 11.9. The van der Waals surface area contributed by atoms with Gasteiger partial charge < -0.3 is 14.2 Å². The van der Waals surface area contributed by atoms with Crippen molar-refractivity contribution in [3.63, 3.8) is 0 Å². The summed E-state index contributed by atoms with van der Waals surface area (Å²) in [7, 11) is 0. The molecule has 0 fully saturated rings. The maximum atomic E-state index is 12.2. The topological polar surface area (TPSA) is 61.8 Å². The lowest BCUT2D eigenvalue weighted by atomic mass is 9.99. The highest BCUT2D eigenvalue weighted by molar-refractivity contribution is 5.91. The van der Waals surface area contributed by atoms with E-state index in [2.05, 4.69) is 4.74 Å². The third kappa shape index (κ3) is 9.37. The highest BCUT2D eigenvalue weighted by atomic mass is 19.4. The molecule has 5 nitrogen and oxygen atoms in total. The second kappa shape index (κ2) is 10.1. The van der Waals surface area contributed by atoms with Gasteiger partial charge in [0.25, 0.3) is 0 Å². The van der Waals surface area contributed by atoms with Gasteiger partial charge in [0.2, 0.25) is 0 Å². The number of halogens is 3. The molecular weight excluding hydrogens is 413 g/mol. The van der Waals surface area contributed by atoms with Crippen LogP contribution in [0.1, 0.15) is 36.7 Å². The summed E-state index contributed by atoms with van der Waals surface area (Å²) < 4.78 is 51.4. The lowest BCUT2D eigenvalue weighted by Crippen LogP contribution is -2.19. The highest BCUT2D eigenvalue weighted by Gasteiger charge is 2.28. The van der Waals surface area contributed by atoms with Gasteiger partial charge in [-0.15, -0.1) is 0 Å². The van der Waals surface area contributed by atoms with E-state index in [1.165, 1.54) is 30.3 Å². The number of rotatable bonds is 7. The van der Waals surface area contributed by atoms with Gasteiger partial charge in [-0.2, -0.15) is 13.2 Å². The summed E-state index contributed by atoms with van der Waals surface area (Å²) in [6.45, 7) is 4.77. The smallest absolute Gasteiger partial charge is 0.422 e. The summed E-state index contributed by atoms with van der Waals surface area (Å²) in [5.74, 6) is -0.856. The number of alkyl halides is 3. The van der Waals surface area contributed by atoms with E-state index in [1.807, 2.05) is 20.8 Å². The van der Waals surface area contributed by atoms with E-state index in [0.717, 1.165) is 0 Å². The molecule has 0 radical (unpaired) electrons. The summed E-state index contributed by atoms with van der Waals surface area (Å²) in [5, 5.41) is 0. The average Bonchev–Trinajstić information content (AvgIpc) is 2.69. The minimum atomic E-state index is -4.44. The molecule has 8 heteroatoms. The number of benzene rings is 2. The van der Waals surface area contributed by atoms with Crippen molar-refractivity contribution in [1.29, 1.82) is 0 Å². The van der Waals surface area contributed by atoms with Gasteiger partial charge in [0.1, 0.15) is 11.5 Å². The molecule has 2 aromatic rings. The lowest BCUT2D eigenvalue weighted by molar-refractivity contribution is -0.153. The third-order valence-corrected chi connectivity index (χ3v) is 3.64. The van der Waals surface area contributed by atoms with Crippen LogP contribution in [0.25, 0.3) is 6.08 Å². The van der Waals surface area contributed by atoms with Gasteiger partial charge in [-0.25, -0.2) is 9.59 Å². The molecule has 0 atom stereocenters. The molecule has 0 saturated carbocycles. The van der Waals surface area contributed by atoms with Crippen LogP contribution in [0.3, 0.4) is 0 Å². The van der Waals surface area contributed by atoms with Crippen molar-refractivity contribution < 1.29 is 37.0 Å². The van der Waals surface area contributed by atoms with E-state index in [9.17, 15) is 22.8 Å². The van der Waals surface area contributed by atoms with Crippen molar-refractivity contribution in [2.75, 3.05) is 13.2 Å². The summed E-state index contributed by atoms with van der Waals surface area (Å²) in [6.07, 6.45) is -1.54. The molecule has 0 aliphatic rings. The minimum absolute atomic E-state index is 0.00829. The molecule has 0 aliphatic heterocycles. The van der Waals surface area contributed by atoms with Crippen molar-refractivity contribution in [2.45, 2.75) is 26.9 Å². The van der Waals surface area contributed by atoms with E-state index in [0.29, 0.717) is 12.2 Å². The molecule has 166 valence electrons. The summed E-state index contributed by atoms with van der Waals surface area (Å²) in [4.78, 5) is 23.9. The maximum absolute atomic E-state index is 12.2. The Hall–Kier alpha value is -3.29. The van der Waals surface area contributed by atoms with E-state index in [1.54, 1.807) is 30.3 Å². The van der Waals surface area contributed by atoms with Crippen LogP contribution >= 0.6 is 0 Å². The van der Waals surface area contributed by atoms with Gasteiger partial charge in [0.15, 0.2) is 6.61 Å². The number of ether oxygens (including phenoxy) is 3. The van der Waals surface area contributed by atoms with Gasteiger partial charge in [-0.05, 0) is 53.5 Å². The number of hydrogen-bond acceptors (Lipinski definition) is 5. The molecule has 0 heterocycles. The zero-order valence-corrected chi connectivity index (χ0v) is 17.4. The monoisotopic (exact) mass is 436 g/mol. The van der Waals surface area contributed by atoms with Gasteiger partial charge in [0.05, 0.1) is 12.2 Å². The van der Waals surface area contributed by atoms with E-state index < -0.39 is 24.7 Å². The van der Waals surface area contributed by atoms with Crippen molar-refractivity contribution in [3.8, 4) is 11.5 Å². The first-order chi connectivity index (χ1) is 14.4. The molecule has 0 aliphatic carbocycles. The number of carbonyl (C=O) groups is 2. The van der Waals surface area contributed by atoms with Crippen LogP contribution in [-0.4, -0.2) is 31.3 Å². The van der Waals surface area contributed by atoms with Crippen molar-refractivity contribution in [2.24, 2.45) is 5.41 Å². The molecular formula is C23H23F3O5. The highest BCUT2D eigenvalue weighted by Crippen LogP contribution is 2.20. The van der Waals surface area contributed by atoms with Gasteiger partial charge in [-0.3, -0.25) is 0 Å². The summed E-state index contributed by atoms with van der Waals surface area (Å²) in [6, 6.07) is 11.6. The van der Waals surface area contributed by atoms with Crippen LogP contribution in [0, 0.1) is 5.41 Å². The largest absolute Gasteiger partial charge is 0.484 e. The SMILES string of the molecule is CC(C)(C)COC(=O)C=Cc1ccc(OC(=O)c2ccc(OCC(F)(F)F)cc2)cc1. The van der Waals surface area contributed by atoms with Crippen molar-refractivity contribution in [3.05, 3.63) is 65.7 Å². The molecule has 0 aromatic heterocycles. The molecule has 0 amide bonds. The van der Waals surface area contributed by atoms with Crippen LogP contribution in [0.2, 0.25) is 0 Å². The van der Waals surface area contributed by atoms with Crippen molar-refractivity contribution in [1.82, 2.24) is 0 Å². The third-order valence-electron chi connectivity index (χ3n) is 3.64. The summed E-state index contributed by atoms with van der Waals surface area (Å²) >= 11 is 0. The van der Waals surface area contributed by atoms with Crippen LogP contribution in [-0.2, 0) is 9.53 Å². The molecule has 0 bridgehead atoms. The molecule has 31 heavy (non-hydrogen) atoms. The Balaban J connectivity index is 1.88. The average molecular weight is 436 g/mol. The number of hydrogen-bond donors (Lipinski definition) is 0. The van der Waals surface area contributed by atoms with Crippen molar-refractivity contribution >= 4 is 18.0 Å². The Morgan fingerprint density at radius 1 is 0.871 bits per heavy atom. The first-order valence-corrected chi connectivity index (χ1v) is 9.38. The Morgan fingerprint density at radius 3 is 2.00 bits per heavy atom. The fourth-order valence-corrected chi connectivity index (χ4v) is 2.17. The standard InChI is InChI=1S/C23H23F3O5/c1-22(2,3)14-30-20(27)13-6-16-4-9-19(10-5-16)31-21(28)17-7-11-18(12-8-17)29-15-23(24,25)26/h4-13H,14-15H2,1-3H3. The minimum Gasteiger partial charge on any atom is -0.484 e. The predicted molar refractivity (Wildman–Crippen MR) is 109 cm³/mol. The second-order valence-corrected chi connectivity index (χ2v) is 7.89. The lowest BCUT2D eigenvalue weighted by Gasteiger charge is -2.16. The fourth-order valence-electron chi connectivity index (χ4n) is 2.17. The maximum Gasteiger partial charge on any atom is 0.422 e. The van der Waals surface area contributed by atoms with Crippen LogP contribution < -0.4 is 9.47 Å². The Bertz CT molecular complexity index is 908. The van der Waals surface area contributed by atoms with E-state index in [-0.39, 0.29) is 22.5 Å². The number of carbonyl (C=O) groups excluding carboxylic acids is 2. The first kappa shape index (κ1) is 24.0.